The Morgan fingerprint density at radius 3 is 2.43 bits per heavy atom. The number of methoxy groups -OCH3 is 1. The average Bonchev–Trinajstić information content (AvgIpc) is 3.38. The second-order valence-corrected chi connectivity index (χ2v) is 13.4. The number of rotatable bonds is 12. The number of nitrogens with zero attached hydrogens (tertiary/aromatic N) is 2. The standard InChI is InChI=1S/C36H50N2O5.CH2O2/c1-24(2)33(35(39)43-36(5,6)7)38(29-15-17-30(40-8)18-16-29)20-19-27-12-10-14-31(22-27)41-23-32-26(4)42-34(37-32)28-13-9-11-25(3)21-28;2-1-3/h9,11,13,15-18,21,24,27,31,33H,10,12,14,19-20,22-23H2,1-8H3;1H,(H,2,3). The Labute approximate surface area is 274 Å². The molecule has 0 radical (unpaired) electrons. The molecule has 0 amide bonds. The van der Waals surface area contributed by atoms with Crippen LogP contribution in [0, 0.1) is 25.7 Å². The van der Waals surface area contributed by atoms with Crippen LogP contribution < -0.4 is 9.64 Å². The lowest BCUT2D eigenvalue weighted by molar-refractivity contribution is -0.157. The molecule has 1 fully saturated rings. The Morgan fingerprint density at radius 2 is 1.83 bits per heavy atom. The van der Waals surface area contributed by atoms with Crippen molar-refractivity contribution in [3.8, 4) is 17.2 Å². The van der Waals surface area contributed by atoms with Crippen LogP contribution in [0.15, 0.2) is 52.9 Å². The zero-order valence-corrected chi connectivity index (χ0v) is 28.7. The normalized spacial score (nSPS) is 17.1. The summed E-state index contributed by atoms with van der Waals surface area (Å²) in [6, 6.07) is 15.8. The summed E-state index contributed by atoms with van der Waals surface area (Å²) in [7, 11) is 1.67. The summed E-state index contributed by atoms with van der Waals surface area (Å²) in [5.74, 6) is 2.64. The van der Waals surface area contributed by atoms with E-state index < -0.39 is 5.60 Å². The number of aromatic nitrogens is 1. The van der Waals surface area contributed by atoms with Gasteiger partial charge in [0.05, 0.1) is 19.8 Å². The molecule has 0 saturated heterocycles. The van der Waals surface area contributed by atoms with Gasteiger partial charge in [-0.15, -0.1) is 0 Å². The highest BCUT2D eigenvalue weighted by molar-refractivity contribution is 5.81. The fraction of sp³-hybridized carbons (Fsp3) is 0.541. The molecule has 1 aliphatic carbocycles. The molecule has 1 heterocycles. The molecule has 252 valence electrons. The number of esters is 1. The summed E-state index contributed by atoms with van der Waals surface area (Å²) in [6.07, 6.45) is 5.49. The number of ether oxygens (including phenoxy) is 3. The quantitative estimate of drug-likeness (QED) is 0.156. The third kappa shape index (κ3) is 10.9. The average molecular weight is 637 g/mol. The van der Waals surface area contributed by atoms with Crippen molar-refractivity contribution in [2.45, 2.75) is 105 Å². The molecule has 1 aromatic heterocycles. The number of carbonyl (C=O) groups excluding carboxylic acids is 1. The minimum absolute atomic E-state index is 0.0785. The summed E-state index contributed by atoms with van der Waals surface area (Å²) in [4.78, 5) is 28.8. The Bertz CT molecular complexity index is 1380. The predicted molar refractivity (Wildman–Crippen MR) is 180 cm³/mol. The third-order valence-electron chi connectivity index (χ3n) is 8.15. The molecular weight excluding hydrogens is 584 g/mol. The first kappa shape index (κ1) is 36.6. The number of carbonyl (C=O) groups is 2. The lowest BCUT2D eigenvalue weighted by Crippen LogP contribution is -2.48. The molecule has 1 N–H and O–H groups in total. The van der Waals surface area contributed by atoms with Gasteiger partial charge in [-0.05, 0) is 102 Å². The van der Waals surface area contributed by atoms with E-state index in [9.17, 15) is 4.79 Å². The summed E-state index contributed by atoms with van der Waals surface area (Å²) in [6.45, 7) is 14.9. The number of hydrogen-bond acceptors (Lipinski definition) is 8. The summed E-state index contributed by atoms with van der Waals surface area (Å²) < 4.78 is 23.7. The Balaban J connectivity index is 0.00000185. The molecule has 0 spiro atoms. The smallest absolute Gasteiger partial charge is 0.329 e. The molecule has 1 saturated carbocycles. The molecule has 1 aliphatic rings. The van der Waals surface area contributed by atoms with Crippen LogP contribution >= 0.6 is 0 Å². The van der Waals surface area contributed by atoms with Crippen LogP contribution in [-0.4, -0.2) is 53.9 Å². The van der Waals surface area contributed by atoms with Crippen molar-refractivity contribution >= 4 is 18.1 Å². The molecule has 9 nitrogen and oxygen atoms in total. The van der Waals surface area contributed by atoms with Crippen LogP contribution in [0.2, 0.25) is 0 Å². The number of carboxylic acid groups (broad SMARTS) is 1. The van der Waals surface area contributed by atoms with E-state index in [1.54, 1.807) is 7.11 Å². The maximum absolute atomic E-state index is 13.5. The predicted octanol–water partition coefficient (Wildman–Crippen LogP) is 8.01. The van der Waals surface area contributed by atoms with Crippen molar-refractivity contribution < 1.29 is 33.3 Å². The number of aryl methyl sites for hydroxylation is 2. The van der Waals surface area contributed by atoms with Crippen LogP contribution in [0.3, 0.4) is 0 Å². The van der Waals surface area contributed by atoms with E-state index in [0.29, 0.717) is 18.4 Å². The Hall–Kier alpha value is -3.85. The van der Waals surface area contributed by atoms with Crippen molar-refractivity contribution in [2.75, 3.05) is 18.6 Å². The second-order valence-electron chi connectivity index (χ2n) is 13.4. The zero-order valence-electron chi connectivity index (χ0n) is 28.7. The van der Waals surface area contributed by atoms with E-state index in [-0.39, 0.29) is 30.5 Å². The van der Waals surface area contributed by atoms with Crippen LogP contribution in [0.1, 0.15) is 83.7 Å². The molecule has 4 rings (SSSR count). The van der Waals surface area contributed by atoms with Crippen molar-refractivity contribution in [1.82, 2.24) is 4.98 Å². The van der Waals surface area contributed by atoms with E-state index >= 15 is 0 Å². The van der Waals surface area contributed by atoms with Crippen molar-refractivity contribution in [2.24, 2.45) is 11.8 Å². The monoisotopic (exact) mass is 636 g/mol. The van der Waals surface area contributed by atoms with E-state index in [1.165, 1.54) is 5.56 Å². The number of anilines is 1. The minimum atomic E-state index is -0.549. The van der Waals surface area contributed by atoms with Crippen LogP contribution in [0.4, 0.5) is 5.69 Å². The molecule has 46 heavy (non-hydrogen) atoms. The van der Waals surface area contributed by atoms with Gasteiger partial charge in [-0.25, -0.2) is 9.78 Å². The molecule has 9 heteroatoms. The molecule has 2 aromatic carbocycles. The molecule has 0 bridgehead atoms. The minimum Gasteiger partial charge on any atom is -0.497 e. The van der Waals surface area contributed by atoms with Crippen molar-refractivity contribution in [3.05, 3.63) is 65.5 Å². The van der Waals surface area contributed by atoms with Gasteiger partial charge in [0.2, 0.25) is 5.89 Å². The highest BCUT2D eigenvalue weighted by atomic mass is 16.6. The molecular formula is C37H52N2O7. The number of hydrogen-bond donors (Lipinski definition) is 1. The maximum atomic E-state index is 13.5. The topological polar surface area (TPSA) is 111 Å². The van der Waals surface area contributed by atoms with Gasteiger partial charge >= 0.3 is 5.97 Å². The number of benzene rings is 2. The molecule has 3 unspecified atom stereocenters. The number of oxazole rings is 1. The zero-order chi connectivity index (χ0) is 33.9. The highest BCUT2D eigenvalue weighted by Gasteiger charge is 2.34. The first-order valence-corrected chi connectivity index (χ1v) is 16.2. The lowest BCUT2D eigenvalue weighted by atomic mass is 9.84. The van der Waals surface area contributed by atoms with E-state index in [4.69, 9.17) is 33.5 Å². The van der Waals surface area contributed by atoms with E-state index in [1.807, 2.05) is 64.1 Å². The highest BCUT2D eigenvalue weighted by Crippen LogP contribution is 2.33. The largest absolute Gasteiger partial charge is 0.497 e. The molecule has 0 aliphatic heterocycles. The van der Waals surface area contributed by atoms with Gasteiger partial charge in [-0.3, -0.25) is 4.79 Å². The van der Waals surface area contributed by atoms with Crippen molar-refractivity contribution in [1.29, 1.82) is 0 Å². The molecule has 3 aromatic rings. The van der Waals surface area contributed by atoms with Crippen molar-refractivity contribution in [3.63, 3.8) is 0 Å². The van der Waals surface area contributed by atoms with E-state index in [0.717, 1.165) is 67.1 Å². The van der Waals surface area contributed by atoms with Crippen LogP contribution in [0.5, 0.6) is 5.75 Å². The van der Waals surface area contributed by atoms with Crippen LogP contribution in [0.25, 0.3) is 11.5 Å². The second kappa shape index (κ2) is 17.2. The Kier molecular flexibility index (Phi) is 13.7. The fourth-order valence-corrected chi connectivity index (χ4v) is 5.96. The fourth-order valence-electron chi connectivity index (χ4n) is 5.96. The van der Waals surface area contributed by atoms with Gasteiger partial charge in [-0.2, -0.15) is 0 Å². The van der Waals surface area contributed by atoms with Gasteiger partial charge in [-0.1, -0.05) is 44.4 Å². The summed E-state index contributed by atoms with van der Waals surface area (Å²) >= 11 is 0. The summed E-state index contributed by atoms with van der Waals surface area (Å²) in [5.41, 5.74) is 3.48. The first-order valence-electron chi connectivity index (χ1n) is 16.2. The Morgan fingerprint density at radius 1 is 1.13 bits per heavy atom. The lowest BCUT2D eigenvalue weighted by Gasteiger charge is -2.38. The van der Waals surface area contributed by atoms with Gasteiger partial charge in [0.15, 0.2) is 0 Å². The van der Waals surface area contributed by atoms with Gasteiger partial charge in [0, 0.05) is 17.8 Å². The first-order chi connectivity index (χ1) is 21.8. The SMILES string of the molecule is COc1ccc(N(CCC2CCCC(OCc3nc(-c4cccc(C)c4)oc3C)C2)C(C(=O)OC(C)(C)C)C(C)C)cc1.O=CO. The van der Waals surface area contributed by atoms with Crippen LogP contribution in [-0.2, 0) is 25.7 Å². The molecule has 3 atom stereocenters. The summed E-state index contributed by atoms with van der Waals surface area (Å²) in [5, 5.41) is 6.89. The van der Waals surface area contributed by atoms with Gasteiger partial charge < -0.3 is 28.6 Å². The van der Waals surface area contributed by atoms with Gasteiger partial charge in [0.25, 0.3) is 6.47 Å². The maximum Gasteiger partial charge on any atom is 0.329 e. The van der Waals surface area contributed by atoms with E-state index in [2.05, 4.69) is 37.8 Å². The third-order valence-corrected chi connectivity index (χ3v) is 8.15. The van der Waals surface area contributed by atoms with Gasteiger partial charge in [0.1, 0.15) is 28.8 Å².